The summed E-state index contributed by atoms with van der Waals surface area (Å²) in [7, 11) is 0. The summed E-state index contributed by atoms with van der Waals surface area (Å²) in [6.07, 6.45) is 10.4. The summed E-state index contributed by atoms with van der Waals surface area (Å²) in [4.78, 5) is 15.2. The lowest BCUT2D eigenvalue weighted by molar-refractivity contribution is -0.138. The molecular weight excluding hydrogens is 262 g/mol. The lowest BCUT2D eigenvalue weighted by atomic mass is 9.68. The second kappa shape index (κ2) is 5.15. The van der Waals surface area contributed by atoms with Gasteiger partial charge < -0.3 is 4.90 Å². The largest absolute Gasteiger partial charge is 0.339 e. The first kappa shape index (κ1) is 13.4. The maximum Gasteiger partial charge on any atom is 0.227 e. The molecule has 2 aliphatic carbocycles. The number of fused-ring (bicyclic) bond motifs is 1. The van der Waals surface area contributed by atoms with Crippen molar-refractivity contribution in [2.24, 2.45) is 23.7 Å². The number of carbonyl (C=O) groups is 1. The van der Waals surface area contributed by atoms with Gasteiger partial charge in [0.15, 0.2) is 0 Å². The molecule has 4 bridgehead atoms. The molecule has 1 aromatic rings. The minimum atomic E-state index is 0.0283. The fraction of sp³-hybridized carbons (Fsp3) is 0.765. The fourth-order valence-electron chi connectivity index (χ4n) is 5.10. The second-order valence-corrected chi connectivity index (χ2v) is 7.55. The van der Waals surface area contributed by atoms with Crippen LogP contribution in [0.1, 0.15) is 39.0 Å². The van der Waals surface area contributed by atoms with E-state index in [0.717, 1.165) is 24.3 Å². The smallest absolute Gasteiger partial charge is 0.227 e. The normalized spacial score (nSPS) is 35.8. The number of hydrogen-bond acceptors (Lipinski definition) is 2. The van der Waals surface area contributed by atoms with Gasteiger partial charge in [0, 0.05) is 25.0 Å². The van der Waals surface area contributed by atoms with Gasteiger partial charge in [-0.25, -0.2) is 0 Å². The maximum absolute atomic E-state index is 12.9. The van der Waals surface area contributed by atoms with Crippen LogP contribution in [0.25, 0.3) is 0 Å². The van der Waals surface area contributed by atoms with E-state index in [2.05, 4.69) is 16.9 Å². The summed E-state index contributed by atoms with van der Waals surface area (Å²) in [6, 6.07) is 2.44. The van der Waals surface area contributed by atoms with Crippen molar-refractivity contribution in [2.45, 2.75) is 51.6 Å². The first-order chi connectivity index (χ1) is 10.2. The molecule has 114 valence electrons. The standard InChI is InChI=1S/C17H25N3O/c1-12(10-19-4-2-3-18-19)17(21)20-11-15-6-13-5-14(7-15)9-16(20)8-13/h2-4,12-16H,5-11H2,1H3. The highest BCUT2D eigenvalue weighted by Crippen LogP contribution is 2.47. The first-order valence-electron chi connectivity index (χ1n) is 8.47. The summed E-state index contributed by atoms with van der Waals surface area (Å²) in [5.74, 6) is 2.94. The summed E-state index contributed by atoms with van der Waals surface area (Å²) in [6.45, 7) is 3.77. The van der Waals surface area contributed by atoms with Crippen molar-refractivity contribution in [3.63, 3.8) is 0 Å². The molecule has 4 heteroatoms. The van der Waals surface area contributed by atoms with E-state index < -0.39 is 0 Å². The molecule has 4 aliphatic rings. The van der Waals surface area contributed by atoms with E-state index in [-0.39, 0.29) is 5.92 Å². The number of nitrogens with zero attached hydrogens (tertiary/aromatic N) is 3. The minimum absolute atomic E-state index is 0.0283. The molecule has 3 atom stereocenters. The van der Waals surface area contributed by atoms with E-state index in [0.29, 0.717) is 18.5 Å². The molecule has 5 rings (SSSR count). The van der Waals surface area contributed by atoms with Gasteiger partial charge >= 0.3 is 0 Å². The van der Waals surface area contributed by atoms with E-state index in [4.69, 9.17) is 0 Å². The zero-order valence-corrected chi connectivity index (χ0v) is 12.8. The molecule has 2 saturated carbocycles. The summed E-state index contributed by atoms with van der Waals surface area (Å²) in [5.41, 5.74) is 0. The van der Waals surface area contributed by atoms with Gasteiger partial charge in [-0.1, -0.05) is 6.92 Å². The molecule has 0 radical (unpaired) electrons. The minimum Gasteiger partial charge on any atom is -0.339 e. The van der Waals surface area contributed by atoms with Crippen molar-refractivity contribution in [3.05, 3.63) is 18.5 Å². The maximum atomic E-state index is 12.9. The Bertz CT molecular complexity index is 498. The zero-order chi connectivity index (χ0) is 14.4. The molecule has 21 heavy (non-hydrogen) atoms. The van der Waals surface area contributed by atoms with Crippen LogP contribution in [0.3, 0.4) is 0 Å². The molecule has 0 N–H and O–H groups in total. The molecule has 4 fully saturated rings. The Morgan fingerprint density at radius 3 is 2.57 bits per heavy atom. The topological polar surface area (TPSA) is 38.1 Å². The van der Waals surface area contributed by atoms with Gasteiger partial charge in [0.1, 0.15) is 0 Å². The number of hydrogen-bond donors (Lipinski definition) is 0. The number of aromatic nitrogens is 2. The van der Waals surface area contributed by atoms with Crippen LogP contribution >= 0.6 is 0 Å². The van der Waals surface area contributed by atoms with Gasteiger partial charge in [-0.15, -0.1) is 0 Å². The van der Waals surface area contributed by atoms with Gasteiger partial charge in [0.2, 0.25) is 5.91 Å². The zero-order valence-electron chi connectivity index (χ0n) is 12.8. The highest BCUT2D eigenvalue weighted by molar-refractivity contribution is 5.79. The fourth-order valence-corrected chi connectivity index (χ4v) is 5.10. The third-order valence-corrected chi connectivity index (χ3v) is 5.83. The lowest BCUT2D eigenvalue weighted by Crippen LogP contribution is -2.45. The molecule has 4 nitrogen and oxygen atoms in total. The average Bonchev–Trinajstić information content (AvgIpc) is 2.88. The summed E-state index contributed by atoms with van der Waals surface area (Å²) < 4.78 is 1.88. The van der Waals surface area contributed by atoms with E-state index in [9.17, 15) is 4.79 Å². The van der Waals surface area contributed by atoms with Crippen LogP contribution < -0.4 is 0 Å². The van der Waals surface area contributed by atoms with Gasteiger partial charge in [0.25, 0.3) is 0 Å². The lowest BCUT2D eigenvalue weighted by Gasteiger charge is -2.39. The third kappa shape index (κ3) is 2.49. The van der Waals surface area contributed by atoms with Crippen LogP contribution in [0.2, 0.25) is 0 Å². The van der Waals surface area contributed by atoms with Crippen molar-refractivity contribution >= 4 is 5.91 Å². The molecular formula is C17H25N3O. The molecule has 1 amide bonds. The monoisotopic (exact) mass is 287 g/mol. The predicted molar refractivity (Wildman–Crippen MR) is 80.4 cm³/mol. The van der Waals surface area contributed by atoms with Crippen LogP contribution in [0.15, 0.2) is 18.5 Å². The van der Waals surface area contributed by atoms with Crippen LogP contribution in [-0.4, -0.2) is 33.2 Å². The second-order valence-electron chi connectivity index (χ2n) is 7.55. The number of carbonyl (C=O) groups excluding carboxylic acids is 1. The van der Waals surface area contributed by atoms with Crippen molar-refractivity contribution < 1.29 is 4.79 Å². The van der Waals surface area contributed by atoms with Gasteiger partial charge in [-0.3, -0.25) is 9.48 Å². The molecule has 0 spiro atoms. The van der Waals surface area contributed by atoms with Crippen LogP contribution in [0.4, 0.5) is 0 Å². The van der Waals surface area contributed by atoms with Gasteiger partial charge in [-0.2, -0.15) is 5.10 Å². The SMILES string of the molecule is CC(Cn1cccn1)C(=O)N1CC2CC3CC(C2)CC1C3. The summed E-state index contributed by atoms with van der Waals surface area (Å²) >= 11 is 0. The van der Waals surface area contributed by atoms with E-state index in [1.807, 2.05) is 16.9 Å². The Labute approximate surface area is 126 Å². The van der Waals surface area contributed by atoms with Crippen LogP contribution in [0.5, 0.6) is 0 Å². The predicted octanol–water partition coefficient (Wildman–Crippen LogP) is 2.56. The van der Waals surface area contributed by atoms with Crippen LogP contribution in [-0.2, 0) is 11.3 Å². The molecule has 2 aliphatic heterocycles. The average molecular weight is 287 g/mol. The summed E-state index contributed by atoms with van der Waals surface area (Å²) in [5, 5.41) is 4.23. The Hall–Kier alpha value is -1.32. The van der Waals surface area contributed by atoms with Crippen molar-refractivity contribution in [1.29, 1.82) is 0 Å². The highest BCUT2D eigenvalue weighted by Gasteiger charge is 2.44. The van der Waals surface area contributed by atoms with Gasteiger partial charge in [0.05, 0.1) is 12.5 Å². The van der Waals surface area contributed by atoms with Crippen molar-refractivity contribution in [2.75, 3.05) is 6.54 Å². The quantitative estimate of drug-likeness (QED) is 0.857. The Morgan fingerprint density at radius 1 is 1.19 bits per heavy atom. The Kier molecular flexibility index (Phi) is 3.27. The van der Waals surface area contributed by atoms with E-state index >= 15 is 0 Å². The van der Waals surface area contributed by atoms with Gasteiger partial charge in [-0.05, 0) is 55.9 Å². The van der Waals surface area contributed by atoms with Crippen LogP contribution in [0, 0.1) is 23.7 Å². The molecule has 3 unspecified atom stereocenters. The Balaban J connectivity index is 1.48. The van der Waals surface area contributed by atoms with Crippen molar-refractivity contribution in [3.8, 4) is 0 Å². The first-order valence-corrected chi connectivity index (χ1v) is 8.47. The van der Waals surface area contributed by atoms with E-state index in [1.165, 1.54) is 32.1 Å². The third-order valence-electron chi connectivity index (χ3n) is 5.83. The van der Waals surface area contributed by atoms with Crippen molar-refractivity contribution in [1.82, 2.24) is 14.7 Å². The molecule has 1 aromatic heterocycles. The number of amides is 1. The number of rotatable bonds is 3. The highest BCUT2D eigenvalue weighted by atomic mass is 16.2. The molecule has 0 aromatic carbocycles. The van der Waals surface area contributed by atoms with E-state index in [1.54, 1.807) is 6.20 Å². The molecule has 2 saturated heterocycles. The molecule has 3 heterocycles. The Morgan fingerprint density at radius 2 is 1.90 bits per heavy atom.